The van der Waals surface area contributed by atoms with Crippen LogP contribution in [-0.4, -0.2) is 4.57 Å². The molecule has 222 valence electrons. The molecule has 0 fully saturated rings. The van der Waals surface area contributed by atoms with Crippen LogP contribution in [0.1, 0.15) is 25.0 Å². The lowest BCUT2D eigenvalue weighted by Crippen LogP contribution is -2.14. The Morgan fingerprint density at radius 1 is 0.468 bits per heavy atom. The molecule has 10 rings (SSSR count). The zero-order chi connectivity index (χ0) is 31.3. The van der Waals surface area contributed by atoms with E-state index in [1.165, 1.54) is 82.8 Å². The van der Waals surface area contributed by atoms with Gasteiger partial charge in [0.2, 0.25) is 0 Å². The summed E-state index contributed by atoms with van der Waals surface area (Å²) in [6.07, 6.45) is 0. The van der Waals surface area contributed by atoms with E-state index in [1.54, 1.807) is 0 Å². The Morgan fingerprint density at radius 3 is 1.83 bits per heavy atom. The highest BCUT2D eigenvalue weighted by molar-refractivity contribution is 6.13. The third-order valence-corrected chi connectivity index (χ3v) is 10.4. The molecule has 9 aromatic rings. The molecule has 1 aliphatic carbocycles. The zero-order valence-electron chi connectivity index (χ0n) is 26.3. The van der Waals surface area contributed by atoms with Gasteiger partial charge in [0.1, 0.15) is 11.2 Å². The Hall–Kier alpha value is -5.86. The number of benzene rings is 7. The highest BCUT2D eigenvalue weighted by Gasteiger charge is 2.38. The topological polar surface area (TPSA) is 18.1 Å². The molecule has 2 heteroatoms. The number of furan rings is 1. The molecule has 0 N–H and O–H groups in total. The molecule has 2 aromatic heterocycles. The molecule has 0 atom stereocenters. The highest BCUT2D eigenvalue weighted by atomic mass is 16.3. The molecule has 0 aliphatic heterocycles. The molecule has 0 radical (unpaired) electrons. The molecule has 2 heterocycles. The summed E-state index contributed by atoms with van der Waals surface area (Å²) in [6.45, 7) is 4.69. The average molecular weight is 602 g/mol. The third kappa shape index (κ3) is 3.73. The fourth-order valence-electron chi connectivity index (χ4n) is 8.05. The number of aromatic nitrogens is 1. The smallest absolute Gasteiger partial charge is 0.143 e. The van der Waals surface area contributed by atoms with Crippen molar-refractivity contribution in [3.63, 3.8) is 0 Å². The number of rotatable bonds is 3. The van der Waals surface area contributed by atoms with Crippen molar-refractivity contribution in [1.82, 2.24) is 4.57 Å². The van der Waals surface area contributed by atoms with E-state index in [9.17, 15) is 0 Å². The average Bonchev–Trinajstić information content (AvgIpc) is 3.74. The van der Waals surface area contributed by atoms with E-state index in [0.29, 0.717) is 0 Å². The van der Waals surface area contributed by atoms with E-state index in [1.807, 2.05) is 6.07 Å². The molecule has 0 saturated heterocycles. The predicted molar refractivity (Wildman–Crippen MR) is 196 cm³/mol. The van der Waals surface area contributed by atoms with Crippen molar-refractivity contribution in [2.24, 2.45) is 0 Å². The van der Waals surface area contributed by atoms with Crippen LogP contribution in [-0.2, 0) is 5.41 Å². The van der Waals surface area contributed by atoms with Gasteiger partial charge < -0.3 is 8.98 Å². The second-order valence-corrected chi connectivity index (χ2v) is 13.3. The van der Waals surface area contributed by atoms with Gasteiger partial charge in [0.15, 0.2) is 0 Å². The molecule has 0 saturated carbocycles. The van der Waals surface area contributed by atoms with Gasteiger partial charge in [-0.25, -0.2) is 0 Å². The molecule has 0 amide bonds. The third-order valence-electron chi connectivity index (χ3n) is 10.4. The van der Waals surface area contributed by atoms with E-state index >= 15 is 0 Å². The van der Waals surface area contributed by atoms with Gasteiger partial charge in [0, 0.05) is 38.2 Å². The SMILES string of the molecule is CC1(C)c2cc(-c3ccc4c(c3)c3cc(-c5ccccc5)ccc3n4-c3ccccc3)ccc2-c2c1ccc1c2oc2ccccc21. The summed E-state index contributed by atoms with van der Waals surface area (Å²) in [7, 11) is 0. The lowest BCUT2D eigenvalue weighted by atomic mass is 9.81. The van der Waals surface area contributed by atoms with Gasteiger partial charge in [-0.05, 0) is 87.5 Å². The second kappa shape index (κ2) is 9.57. The monoisotopic (exact) mass is 601 g/mol. The second-order valence-electron chi connectivity index (χ2n) is 13.3. The van der Waals surface area contributed by atoms with Crippen LogP contribution in [0.15, 0.2) is 156 Å². The van der Waals surface area contributed by atoms with Crippen molar-refractivity contribution in [1.29, 1.82) is 0 Å². The van der Waals surface area contributed by atoms with Gasteiger partial charge in [0.05, 0.1) is 11.0 Å². The Bertz CT molecular complexity index is 2690. The van der Waals surface area contributed by atoms with Crippen molar-refractivity contribution in [2.75, 3.05) is 0 Å². The number of hydrogen-bond acceptors (Lipinski definition) is 1. The predicted octanol–water partition coefficient (Wildman–Crippen LogP) is 12.3. The van der Waals surface area contributed by atoms with Crippen LogP contribution in [0.4, 0.5) is 0 Å². The van der Waals surface area contributed by atoms with Crippen LogP contribution in [0.3, 0.4) is 0 Å². The Balaban J connectivity index is 1.17. The van der Waals surface area contributed by atoms with Gasteiger partial charge in [-0.2, -0.15) is 0 Å². The first-order valence-electron chi connectivity index (χ1n) is 16.4. The molecule has 47 heavy (non-hydrogen) atoms. The first-order valence-corrected chi connectivity index (χ1v) is 16.4. The summed E-state index contributed by atoms with van der Waals surface area (Å²) in [4.78, 5) is 0. The van der Waals surface area contributed by atoms with E-state index in [0.717, 1.165) is 11.2 Å². The molecule has 0 bridgehead atoms. The maximum Gasteiger partial charge on any atom is 0.143 e. The molecule has 2 nitrogen and oxygen atoms in total. The molecule has 7 aromatic carbocycles. The summed E-state index contributed by atoms with van der Waals surface area (Å²) in [6, 6.07) is 55.1. The summed E-state index contributed by atoms with van der Waals surface area (Å²) in [5.41, 5.74) is 15.5. The summed E-state index contributed by atoms with van der Waals surface area (Å²) < 4.78 is 8.92. The quantitative estimate of drug-likeness (QED) is 0.197. The van der Waals surface area contributed by atoms with Gasteiger partial charge >= 0.3 is 0 Å². The van der Waals surface area contributed by atoms with Crippen molar-refractivity contribution in [2.45, 2.75) is 19.3 Å². The first kappa shape index (κ1) is 26.4. The zero-order valence-corrected chi connectivity index (χ0v) is 26.3. The van der Waals surface area contributed by atoms with Crippen LogP contribution in [0.25, 0.3) is 82.8 Å². The van der Waals surface area contributed by atoms with Gasteiger partial charge in [-0.1, -0.05) is 117 Å². The van der Waals surface area contributed by atoms with Crippen molar-refractivity contribution in [3.05, 3.63) is 163 Å². The maximum absolute atomic E-state index is 6.53. The molecular formula is C45H31NO. The van der Waals surface area contributed by atoms with Gasteiger partial charge in [-0.15, -0.1) is 0 Å². The number of nitrogens with zero attached hydrogens (tertiary/aromatic N) is 1. The van der Waals surface area contributed by atoms with Crippen LogP contribution in [0.5, 0.6) is 0 Å². The fourth-order valence-corrected chi connectivity index (χ4v) is 8.05. The van der Waals surface area contributed by atoms with Crippen molar-refractivity contribution >= 4 is 43.7 Å². The van der Waals surface area contributed by atoms with Crippen LogP contribution in [0.2, 0.25) is 0 Å². The minimum Gasteiger partial charge on any atom is -0.455 e. The molecule has 1 aliphatic rings. The van der Waals surface area contributed by atoms with Gasteiger partial charge in [-0.3, -0.25) is 0 Å². The van der Waals surface area contributed by atoms with E-state index < -0.39 is 0 Å². The lowest BCUT2D eigenvalue weighted by Gasteiger charge is -2.22. The minimum atomic E-state index is -0.147. The summed E-state index contributed by atoms with van der Waals surface area (Å²) in [5, 5.41) is 4.87. The standard InChI is InChI=1S/C45H31NO/c1-45(2)38-22-21-34-33-15-9-10-16-42(33)47-44(34)43(38)35-20-17-31(27-39(35)45)30-19-24-41-37(26-30)36-25-29(28-11-5-3-6-12-28)18-23-40(36)46(41)32-13-7-4-8-14-32/h3-27H,1-2H3. The highest BCUT2D eigenvalue weighted by Crippen LogP contribution is 2.53. The number of para-hydroxylation sites is 2. The Kier molecular flexibility index (Phi) is 5.37. The Morgan fingerprint density at radius 2 is 1.09 bits per heavy atom. The maximum atomic E-state index is 6.53. The van der Waals surface area contributed by atoms with E-state index in [2.05, 4.69) is 164 Å². The summed E-state index contributed by atoms with van der Waals surface area (Å²) in [5.74, 6) is 0. The van der Waals surface area contributed by atoms with Crippen molar-refractivity contribution in [3.8, 4) is 39.1 Å². The van der Waals surface area contributed by atoms with Crippen LogP contribution >= 0.6 is 0 Å². The number of fused-ring (bicyclic) bond motifs is 10. The van der Waals surface area contributed by atoms with Crippen LogP contribution < -0.4 is 0 Å². The van der Waals surface area contributed by atoms with Crippen LogP contribution in [0, 0.1) is 0 Å². The van der Waals surface area contributed by atoms with Gasteiger partial charge in [0.25, 0.3) is 0 Å². The molecular weight excluding hydrogens is 571 g/mol. The van der Waals surface area contributed by atoms with E-state index in [4.69, 9.17) is 4.42 Å². The number of hydrogen-bond donors (Lipinski definition) is 0. The van der Waals surface area contributed by atoms with Crippen molar-refractivity contribution < 1.29 is 4.42 Å². The molecule has 0 unspecified atom stereocenters. The minimum absolute atomic E-state index is 0.147. The fraction of sp³-hybridized carbons (Fsp3) is 0.0667. The normalized spacial score (nSPS) is 13.5. The lowest BCUT2D eigenvalue weighted by molar-refractivity contribution is 0.653. The molecule has 0 spiro atoms. The first-order chi connectivity index (χ1) is 23.1. The van der Waals surface area contributed by atoms with E-state index in [-0.39, 0.29) is 5.41 Å². The largest absolute Gasteiger partial charge is 0.455 e. The Labute approximate surface area is 273 Å². The summed E-state index contributed by atoms with van der Waals surface area (Å²) >= 11 is 0.